The number of aryl methyl sites for hydroxylation is 1. The molecule has 4 heteroatoms. The van der Waals surface area contributed by atoms with Crippen LogP contribution in [-0.2, 0) is 11.2 Å². The van der Waals surface area contributed by atoms with E-state index in [2.05, 4.69) is 5.32 Å². The molecule has 1 aromatic rings. The zero-order valence-electron chi connectivity index (χ0n) is 6.93. The number of nitrogens with one attached hydrogen (secondary N) is 1. The third kappa shape index (κ3) is 1.47. The summed E-state index contributed by atoms with van der Waals surface area (Å²) in [5, 5.41) is 3.24. The highest BCUT2D eigenvalue weighted by molar-refractivity contribution is 6.33. The Kier molecular flexibility index (Phi) is 1.88. The molecule has 0 bridgehead atoms. The number of carbonyl (C=O) groups excluding carboxylic acids is 1. The van der Waals surface area contributed by atoms with Gasteiger partial charge in [-0.2, -0.15) is 0 Å². The first-order valence-electron chi connectivity index (χ1n) is 4.04. The quantitative estimate of drug-likeness (QED) is 0.622. The maximum atomic E-state index is 11.0. The fourth-order valence-corrected chi connectivity index (χ4v) is 1.58. The fraction of sp³-hybridized carbons (Fsp3) is 0.222. The van der Waals surface area contributed by atoms with Crippen LogP contribution >= 0.6 is 11.6 Å². The Balaban J connectivity index is 2.49. The number of halogens is 1. The molecule has 1 aromatic carbocycles. The molecule has 3 N–H and O–H groups in total. The van der Waals surface area contributed by atoms with Crippen molar-refractivity contribution in [3.05, 3.63) is 22.7 Å². The molecule has 1 aliphatic rings. The van der Waals surface area contributed by atoms with Crippen LogP contribution in [0.4, 0.5) is 11.4 Å². The molecule has 13 heavy (non-hydrogen) atoms. The molecule has 1 heterocycles. The standard InChI is InChI=1S/C9H9ClN2O/c10-6-4-8-5(3-7(6)11)1-2-9(13)12-8/h3-4H,1-2,11H2,(H,12,13). The Morgan fingerprint density at radius 2 is 2.15 bits per heavy atom. The van der Waals surface area contributed by atoms with Crippen molar-refractivity contribution in [2.24, 2.45) is 0 Å². The van der Waals surface area contributed by atoms with Crippen molar-refractivity contribution in [1.29, 1.82) is 0 Å². The van der Waals surface area contributed by atoms with Gasteiger partial charge in [0.05, 0.1) is 10.7 Å². The molecule has 0 fully saturated rings. The first-order chi connectivity index (χ1) is 6.16. The topological polar surface area (TPSA) is 55.1 Å². The third-order valence-electron chi connectivity index (χ3n) is 2.12. The lowest BCUT2D eigenvalue weighted by Crippen LogP contribution is -2.19. The van der Waals surface area contributed by atoms with Gasteiger partial charge >= 0.3 is 0 Å². The smallest absolute Gasteiger partial charge is 0.224 e. The predicted octanol–water partition coefficient (Wildman–Crippen LogP) is 1.81. The first kappa shape index (κ1) is 8.38. The van der Waals surface area contributed by atoms with E-state index < -0.39 is 0 Å². The number of rotatable bonds is 0. The van der Waals surface area contributed by atoms with E-state index in [1.54, 1.807) is 6.07 Å². The number of anilines is 2. The van der Waals surface area contributed by atoms with Crippen molar-refractivity contribution in [3.8, 4) is 0 Å². The number of nitrogen functional groups attached to an aromatic ring is 1. The molecule has 0 spiro atoms. The van der Waals surface area contributed by atoms with Gasteiger partial charge in [0.25, 0.3) is 0 Å². The highest BCUT2D eigenvalue weighted by Crippen LogP contribution is 2.30. The Bertz CT molecular complexity index is 376. The minimum absolute atomic E-state index is 0.0355. The van der Waals surface area contributed by atoms with E-state index in [0.717, 1.165) is 17.7 Å². The molecule has 0 saturated heterocycles. The Morgan fingerprint density at radius 1 is 1.38 bits per heavy atom. The molecule has 2 rings (SSSR count). The molecule has 0 aromatic heterocycles. The second kappa shape index (κ2) is 2.92. The zero-order chi connectivity index (χ0) is 9.42. The maximum Gasteiger partial charge on any atom is 0.224 e. The van der Waals surface area contributed by atoms with Crippen LogP contribution in [0.5, 0.6) is 0 Å². The van der Waals surface area contributed by atoms with Crippen LogP contribution in [0.1, 0.15) is 12.0 Å². The molecule has 0 aliphatic carbocycles. The van der Waals surface area contributed by atoms with E-state index >= 15 is 0 Å². The summed E-state index contributed by atoms with van der Waals surface area (Å²) in [4.78, 5) is 11.0. The van der Waals surface area contributed by atoms with Gasteiger partial charge < -0.3 is 11.1 Å². The summed E-state index contributed by atoms with van der Waals surface area (Å²) >= 11 is 5.82. The van der Waals surface area contributed by atoms with Gasteiger partial charge in [-0.1, -0.05) is 11.6 Å². The summed E-state index contributed by atoms with van der Waals surface area (Å²) in [5.41, 5.74) is 8.04. The van der Waals surface area contributed by atoms with E-state index in [1.165, 1.54) is 0 Å². The monoisotopic (exact) mass is 196 g/mol. The van der Waals surface area contributed by atoms with Crippen molar-refractivity contribution in [2.45, 2.75) is 12.8 Å². The number of carbonyl (C=O) groups is 1. The van der Waals surface area contributed by atoms with Gasteiger partial charge in [-0.05, 0) is 24.1 Å². The zero-order valence-corrected chi connectivity index (χ0v) is 7.69. The molecule has 68 valence electrons. The SMILES string of the molecule is Nc1cc2c(cc1Cl)NC(=O)CC2. The molecule has 0 saturated carbocycles. The molecular formula is C9H9ClN2O. The van der Waals surface area contributed by atoms with E-state index in [1.807, 2.05) is 6.07 Å². The summed E-state index contributed by atoms with van der Waals surface area (Å²) in [6, 6.07) is 3.51. The summed E-state index contributed by atoms with van der Waals surface area (Å²) in [6.07, 6.45) is 1.26. The number of hydrogen-bond acceptors (Lipinski definition) is 2. The van der Waals surface area contributed by atoms with E-state index in [0.29, 0.717) is 17.1 Å². The molecule has 3 nitrogen and oxygen atoms in total. The van der Waals surface area contributed by atoms with Crippen molar-refractivity contribution in [3.63, 3.8) is 0 Å². The summed E-state index contributed by atoms with van der Waals surface area (Å²) < 4.78 is 0. The van der Waals surface area contributed by atoms with Gasteiger partial charge in [0.15, 0.2) is 0 Å². The normalized spacial score (nSPS) is 15.0. The van der Waals surface area contributed by atoms with E-state index in [9.17, 15) is 4.79 Å². The van der Waals surface area contributed by atoms with Gasteiger partial charge in [0.2, 0.25) is 5.91 Å². The van der Waals surface area contributed by atoms with Gasteiger partial charge in [-0.15, -0.1) is 0 Å². The minimum atomic E-state index is 0.0355. The van der Waals surface area contributed by atoms with Crippen LogP contribution in [-0.4, -0.2) is 5.91 Å². The Morgan fingerprint density at radius 3 is 2.92 bits per heavy atom. The second-order valence-corrected chi connectivity index (χ2v) is 3.49. The maximum absolute atomic E-state index is 11.0. The van der Waals surface area contributed by atoms with Gasteiger partial charge in [-0.3, -0.25) is 4.79 Å². The average Bonchev–Trinajstić information content (AvgIpc) is 2.08. The molecule has 0 atom stereocenters. The summed E-state index contributed by atoms with van der Waals surface area (Å²) in [6.45, 7) is 0. The number of hydrogen-bond donors (Lipinski definition) is 2. The lowest BCUT2D eigenvalue weighted by Gasteiger charge is -2.17. The summed E-state index contributed by atoms with van der Waals surface area (Å²) in [7, 11) is 0. The molecule has 0 unspecified atom stereocenters. The number of fused-ring (bicyclic) bond motifs is 1. The van der Waals surface area contributed by atoms with Gasteiger partial charge in [0, 0.05) is 12.1 Å². The molecule has 1 amide bonds. The van der Waals surface area contributed by atoms with E-state index in [-0.39, 0.29) is 5.91 Å². The van der Waals surface area contributed by atoms with Crippen LogP contribution in [0.25, 0.3) is 0 Å². The third-order valence-corrected chi connectivity index (χ3v) is 2.45. The average molecular weight is 197 g/mol. The molecule has 0 radical (unpaired) electrons. The van der Waals surface area contributed by atoms with Crippen LogP contribution < -0.4 is 11.1 Å². The lowest BCUT2D eigenvalue weighted by atomic mass is 10.0. The Labute approximate surface area is 80.9 Å². The number of benzene rings is 1. The van der Waals surface area contributed by atoms with Crippen molar-refractivity contribution in [1.82, 2.24) is 0 Å². The van der Waals surface area contributed by atoms with Crippen LogP contribution in [0.3, 0.4) is 0 Å². The highest BCUT2D eigenvalue weighted by Gasteiger charge is 2.15. The molecule has 1 aliphatic heterocycles. The van der Waals surface area contributed by atoms with Crippen LogP contribution in [0.15, 0.2) is 12.1 Å². The number of amides is 1. The lowest BCUT2D eigenvalue weighted by molar-refractivity contribution is -0.116. The Hall–Kier alpha value is -1.22. The van der Waals surface area contributed by atoms with Crippen LogP contribution in [0.2, 0.25) is 5.02 Å². The van der Waals surface area contributed by atoms with Gasteiger partial charge in [0.1, 0.15) is 0 Å². The fourth-order valence-electron chi connectivity index (χ4n) is 1.42. The largest absolute Gasteiger partial charge is 0.398 e. The van der Waals surface area contributed by atoms with Crippen LogP contribution in [0, 0.1) is 0 Å². The van der Waals surface area contributed by atoms with Gasteiger partial charge in [-0.25, -0.2) is 0 Å². The second-order valence-electron chi connectivity index (χ2n) is 3.08. The highest BCUT2D eigenvalue weighted by atomic mass is 35.5. The minimum Gasteiger partial charge on any atom is -0.398 e. The molecular weight excluding hydrogens is 188 g/mol. The van der Waals surface area contributed by atoms with Crippen molar-refractivity contribution >= 4 is 28.9 Å². The summed E-state index contributed by atoms with van der Waals surface area (Å²) in [5.74, 6) is 0.0355. The van der Waals surface area contributed by atoms with Crippen molar-refractivity contribution in [2.75, 3.05) is 11.1 Å². The van der Waals surface area contributed by atoms with Crippen molar-refractivity contribution < 1.29 is 4.79 Å². The predicted molar refractivity (Wildman–Crippen MR) is 52.8 cm³/mol. The number of nitrogens with two attached hydrogens (primary N) is 1. The van der Waals surface area contributed by atoms with E-state index in [4.69, 9.17) is 17.3 Å². The first-order valence-corrected chi connectivity index (χ1v) is 4.42.